The summed E-state index contributed by atoms with van der Waals surface area (Å²) in [6, 6.07) is 9.40. The normalized spacial score (nSPS) is 22.4. The summed E-state index contributed by atoms with van der Waals surface area (Å²) >= 11 is 0. The smallest absolute Gasteiger partial charge is 0.254 e. The average Bonchev–Trinajstić information content (AvgIpc) is 3.02. The quantitative estimate of drug-likeness (QED) is 0.803. The van der Waals surface area contributed by atoms with Crippen molar-refractivity contribution in [3.63, 3.8) is 0 Å². The van der Waals surface area contributed by atoms with E-state index in [-0.39, 0.29) is 30.4 Å². The number of hydrogen-bond acceptors (Lipinski definition) is 4. The van der Waals surface area contributed by atoms with Crippen LogP contribution in [0.5, 0.6) is 0 Å². The zero-order valence-electron chi connectivity index (χ0n) is 13.9. The maximum atomic E-state index is 15.0. The van der Waals surface area contributed by atoms with E-state index in [0.29, 0.717) is 16.8 Å². The number of carbonyl (C=O) groups is 1. The minimum atomic E-state index is -0.453. The molecule has 130 valence electrons. The summed E-state index contributed by atoms with van der Waals surface area (Å²) in [6.07, 6.45) is 4.00. The van der Waals surface area contributed by atoms with Crippen molar-refractivity contribution in [3.8, 4) is 11.3 Å². The third-order valence-electron chi connectivity index (χ3n) is 5.08. The summed E-state index contributed by atoms with van der Waals surface area (Å²) < 4.78 is 15.0. The fourth-order valence-electron chi connectivity index (χ4n) is 3.69. The first-order valence-electron chi connectivity index (χ1n) is 8.73. The molecule has 1 aromatic heterocycles. The van der Waals surface area contributed by atoms with E-state index in [1.165, 1.54) is 0 Å². The number of nitrogens with zero attached hydrogens (tertiary/aromatic N) is 1. The number of nitrogens with one attached hydrogen (secondary N) is 2. The zero-order chi connectivity index (χ0) is 17.4. The van der Waals surface area contributed by atoms with Crippen molar-refractivity contribution in [3.05, 3.63) is 47.3 Å². The van der Waals surface area contributed by atoms with Crippen molar-refractivity contribution >= 4 is 11.7 Å². The summed E-state index contributed by atoms with van der Waals surface area (Å²) in [5.41, 5.74) is 8.21. The highest BCUT2D eigenvalue weighted by Gasteiger charge is 2.31. The van der Waals surface area contributed by atoms with Crippen LogP contribution in [0.25, 0.3) is 11.3 Å². The first-order valence-corrected chi connectivity index (χ1v) is 8.73. The van der Waals surface area contributed by atoms with Crippen molar-refractivity contribution < 1.29 is 9.18 Å². The van der Waals surface area contributed by atoms with E-state index in [1.54, 1.807) is 0 Å². The fourth-order valence-corrected chi connectivity index (χ4v) is 3.69. The van der Waals surface area contributed by atoms with Crippen LogP contribution in [-0.4, -0.2) is 23.0 Å². The average molecular weight is 340 g/mol. The standard InChI is InChI=1S/C19H21FN4O/c20-16-12-10-22-19(25)15(12)17(11-6-2-1-3-7-11)24-18(16)23-14-9-5-4-8-13(14)21/h1-3,6-7,13-14H,4-5,8-10,21H2,(H,22,25)(H,23,24)/t13-,14+/m0/s1. The molecule has 5 nitrogen and oxygen atoms in total. The van der Waals surface area contributed by atoms with Gasteiger partial charge in [-0.15, -0.1) is 0 Å². The predicted octanol–water partition coefficient (Wildman–Crippen LogP) is 2.81. The number of nitrogens with two attached hydrogens (primary N) is 1. The number of benzene rings is 1. The van der Waals surface area contributed by atoms with Crippen molar-refractivity contribution in [2.75, 3.05) is 5.32 Å². The van der Waals surface area contributed by atoms with Crippen LogP contribution in [0.4, 0.5) is 10.2 Å². The number of amides is 1. The molecular formula is C19H21FN4O. The van der Waals surface area contributed by atoms with Gasteiger partial charge in [-0.3, -0.25) is 4.79 Å². The Morgan fingerprint density at radius 3 is 2.72 bits per heavy atom. The molecule has 4 N–H and O–H groups in total. The van der Waals surface area contributed by atoms with Crippen LogP contribution in [0.15, 0.2) is 30.3 Å². The largest absolute Gasteiger partial charge is 0.363 e. The van der Waals surface area contributed by atoms with Crippen LogP contribution in [0, 0.1) is 5.82 Å². The molecule has 1 aromatic carbocycles. The first-order chi connectivity index (χ1) is 12.1. The lowest BCUT2D eigenvalue weighted by Gasteiger charge is -2.30. The summed E-state index contributed by atoms with van der Waals surface area (Å²) in [5.74, 6) is -0.538. The molecule has 6 heteroatoms. The highest BCUT2D eigenvalue weighted by atomic mass is 19.1. The molecule has 0 spiro atoms. The number of hydrogen-bond donors (Lipinski definition) is 3. The molecule has 2 atom stereocenters. The van der Waals surface area contributed by atoms with Gasteiger partial charge in [-0.1, -0.05) is 43.2 Å². The summed E-state index contributed by atoms with van der Waals surface area (Å²) in [5, 5.41) is 5.91. The lowest BCUT2D eigenvalue weighted by molar-refractivity contribution is 0.0966. The third kappa shape index (κ3) is 2.87. The Balaban J connectivity index is 1.79. The van der Waals surface area contributed by atoms with Gasteiger partial charge >= 0.3 is 0 Å². The van der Waals surface area contributed by atoms with Crippen LogP contribution in [0.1, 0.15) is 41.6 Å². The number of carbonyl (C=O) groups excluding carboxylic acids is 1. The lowest BCUT2D eigenvalue weighted by atomic mass is 9.91. The van der Waals surface area contributed by atoms with Crippen molar-refractivity contribution in [2.24, 2.45) is 5.73 Å². The van der Waals surface area contributed by atoms with E-state index >= 15 is 0 Å². The van der Waals surface area contributed by atoms with Gasteiger partial charge in [0.15, 0.2) is 11.6 Å². The van der Waals surface area contributed by atoms with Gasteiger partial charge in [-0.05, 0) is 12.8 Å². The van der Waals surface area contributed by atoms with Crippen LogP contribution in [0.3, 0.4) is 0 Å². The van der Waals surface area contributed by atoms with E-state index in [2.05, 4.69) is 15.6 Å². The third-order valence-corrected chi connectivity index (χ3v) is 5.08. The maximum Gasteiger partial charge on any atom is 0.254 e. The monoisotopic (exact) mass is 340 g/mol. The molecule has 25 heavy (non-hydrogen) atoms. The lowest BCUT2D eigenvalue weighted by Crippen LogP contribution is -2.43. The number of anilines is 1. The van der Waals surface area contributed by atoms with Crippen LogP contribution in [-0.2, 0) is 6.54 Å². The minimum absolute atomic E-state index is 0.00230. The molecule has 0 radical (unpaired) electrons. The molecule has 2 heterocycles. The van der Waals surface area contributed by atoms with Gasteiger partial charge in [0.2, 0.25) is 0 Å². The number of fused-ring (bicyclic) bond motifs is 1. The van der Waals surface area contributed by atoms with Gasteiger partial charge in [0.25, 0.3) is 5.91 Å². The van der Waals surface area contributed by atoms with Gasteiger partial charge in [0.05, 0.1) is 11.3 Å². The molecular weight excluding hydrogens is 319 g/mol. The molecule has 1 saturated carbocycles. The maximum absolute atomic E-state index is 15.0. The van der Waals surface area contributed by atoms with E-state index in [9.17, 15) is 9.18 Å². The Kier molecular flexibility index (Phi) is 4.13. The topological polar surface area (TPSA) is 80.0 Å². The molecule has 0 unspecified atom stereocenters. The van der Waals surface area contributed by atoms with Gasteiger partial charge < -0.3 is 16.4 Å². The number of halogens is 1. The van der Waals surface area contributed by atoms with E-state index < -0.39 is 5.82 Å². The summed E-state index contributed by atoms with van der Waals surface area (Å²) in [6.45, 7) is 0.188. The molecule has 0 bridgehead atoms. The van der Waals surface area contributed by atoms with Gasteiger partial charge in [-0.25, -0.2) is 9.37 Å². The van der Waals surface area contributed by atoms with Gasteiger partial charge in [0, 0.05) is 29.8 Å². The van der Waals surface area contributed by atoms with Crippen molar-refractivity contribution in [1.82, 2.24) is 10.3 Å². The fraction of sp³-hybridized carbons (Fsp3) is 0.368. The van der Waals surface area contributed by atoms with Crippen molar-refractivity contribution in [2.45, 2.75) is 44.3 Å². The second-order valence-corrected chi connectivity index (χ2v) is 6.72. The Morgan fingerprint density at radius 1 is 1.20 bits per heavy atom. The molecule has 4 rings (SSSR count). The molecule has 1 fully saturated rings. The Labute approximate surface area is 145 Å². The second-order valence-electron chi connectivity index (χ2n) is 6.72. The number of aromatic nitrogens is 1. The number of pyridine rings is 1. The van der Waals surface area contributed by atoms with Gasteiger partial charge in [-0.2, -0.15) is 0 Å². The SMILES string of the molecule is N[C@H]1CCCC[C@H]1Nc1nc(-c2ccccc2)c2c(c1F)CNC2=O. The first kappa shape index (κ1) is 16.0. The van der Waals surface area contributed by atoms with Crippen molar-refractivity contribution in [1.29, 1.82) is 0 Å². The van der Waals surface area contributed by atoms with Crippen LogP contribution < -0.4 is 16.4 Å². The molecule has 0 saturated heterocycles. The number of rotatable bonds is 3. The van der Waals surface area contributed by atoms with E-state index in [0.717, 1.165) is 31.2 Å². The Morgan fingerprint density at radius 2 is 1.96 bits per heavy atom. The zero-order valence-corrected chi connectivity index (χ0v) is 13.9. The Bertz CT molecular complexity index is 809. The summed E-state index contributed by atoms with van der Waals surface area (Å²) in [4.78, 5) is 16.7. The molecule has 1 aliphatic carbocycles. The minimum Gasteiger partial charge on any atom is -0.363 e. The summed E-state index contributed by atoms with van der Waals surface area (Å²) in [7, 11) is 0. The van der Waals surface area contributed by atoms with E-state index in [4.69, 9.17) is 5.73 Å². The van der Waals surface area contributed by atoms with Crippen LogP contribution in [0.2, 0.25) is 0 Å². The molecule has 2 aromatic rings. The van der Waals surface area contributed by atoms with Crippen LogP contribution >= 0.6 is 0 Å². The second kappa shape index (κ2) is 6.44. The Hall–Kier alpha value is -2.47. The highest BCUT2D eigenvalue weighted by molar-refractivity contribution is 6.04. The predicted molar refractivity (Wildman–Crippen MR) is 94.7 cm³/mol. The van der Waals surface area contributed by atoms with E-state index in [1.807, 2.05) is 30.3 Å². The highest BCUT2D eigenvalue weighted by Crippen LogP contribution is 2.33. The molecule has 1 amide bonds. The molecule has 2 aliphatic rings. The van der Waals surface area contributed by atoms with Gasteiger partial charge in [0.1, 0.15) is 0 Å². The molecule has 1 aliphatic heterocycles.